The standard InChI is InChI=1S/C19H28N2O4/c1-8-25-18(24)17(23)20-21(19(5,6)7)16(22)11-15-13(3)9-12(2)10-14(15)4/h9-10H,8,11H2,1-7H3,(H,20,23). The minimum atomic E-state index is -1.01. The molecule has 0 aliphatic heterocycles. The molecule has 0 saturated heterocycles. The lowest BCUT2D eigenvalue weighted by Gasteiger charge is -2.35. The first-order valence-electron chi connectivity index (χ1n) is 8.34. The summed E-state index contributed by atoms with van der Waals surface area (Å²) in [6.07, 6.45) is 0.137. The third-order valence-electron chi connectivity index (χ3n) is 3.76. The molecule has 2 amide bonds. The number of hydrogen-bond donors (Lipinski definition) is 1. The van der Waals surface area contributed by atoms with Crippen LogP contribution in [0.5, 0.6) is 0 Å². The number of amides is 2. The minimum Gasteiger partial charge on any atom is -0.459 e. The van der Waals surface area contributed by atoms with E-state index in [4.69, 9.17) is 0 Å². The van der Waals surface area contributed by atoms with Gasteiger partial charge in [-0.25, -0.2) is 9.80 Å². The van der Waals surface area contributed by atoms with Crippen LogP contribution in [0.3, 0.4) is 0 Å². The number of hydrazine groups is 1. The number of benzene rings is 1. The third-order valence-corrected chi connectivity index (χ3v) is 3.76. The molecule has 6 nitrogen and oxygen atoms in total. The van der Waals surface area contributed by atoms with Crippen molar-refractivity contribution in [3.8, 4) is 0 Å². The zero-order valence-electron chi connectivity index (χ0n) is 16.1. The van der Waals surface area contributed by atoms with Crippen molar-refractivity contribution in [3.63, 3.8) is 0 Å². The van der Waals surface area contributed by atoms with Crippen LogP contribution < -0.4 is 5.43 Å². The van der Waals surface area contributed by atoms with Gasteiger partial charge < -0.3 is 4.74 Å². The Morgan fingerprint density at radius 3 is 2.04 bits per heavy atom. The van der Waals surface area contributed by atoms with Gasteiger partial charge in [0.25, 0.3) is 0 Å². The number of carbonyl (C=O) groups excluding carboxylic acids is 3. The molecule has 6 heteroatoms. The number of esters is 1. The molecule has 0 saturated carbocycles. The molecule has 0 spiro atoms. The molecule has 25 heavy (non-hydrogen) atoms. The predicted molar refractivity (Wildman–Crippen MR) is 95.7 cm³/mol. The fourth-order valence-corrected chi connectivity index (χ4v) is 2.67. The zero-order valence-corrected chi connectivity index (χ0v) is 16.1. The number of ether oxygens (including phenoxy) is 1. The van der Waals surface area contributed by atoms with Crippen molar-refractivity contribution in [1.82, 2.24) is 10.4 Å². The van der Waals surface area contributed by atoms with Gasteiger partial charge in [-0.1, -0.05) is 17.7 Å². The van der Waals surface area contributed by atoms with Crippen LogP contribution in [0.15, 0.2) is 12.1 Å². The molecule has 1 aromatic carbocycles. The summed E-state index contributed by atoms with van der Waals surface area (Å²) in [5.41, 5.74) is 5.80. The van der Waals surface area contributed by atoms with Gasteiger partial charge in [-0.05, 0) is 65.2 Å². The highest BCUT2D eigenvalue weighted by atomic mass is 16.5. The molecule has 0 radical (unpaired) electrons. The lowest BCUT2D eigenvalue weighted by Crippen LogP contribution is -2.58. The van der Waals surface area contributed by atoms with Gasteiger partial charge in [0.05, 0.1) is 18.6 Å². The van der Waals surface area contributed by atoms with Crippen LogP contribution in [0.2, 0.25) is 0 Å². The Labute approximate surface area is 149 Å². The second-order valence-electron chi connectivity index (χ2n) is 7.12. The SMILES string of the molecule is CCOC(=O)C(=O)NN(C(=O)Cc1c(C)cc(C)cc1C)C(C)(C)C. The van der Waals surface area contributed by atoms with Crippen molar-refractivity contribution in [2.24, 2.45) is 0 Å². The van der Waals surface area contributed by atoms with Crippen LogP contribution in [0.1, 0.15) is 49.9 Å². The second kappa shape index (κ2) is 8.14. The van der Waals surface area contributed by atoms with Gasteiger partial charge >= 0.3 is 11.9 Å². The highest BCUT2D eigenvalue weighted by molar-refractivity contribution is 6.32. The van der Waals surface area contributed by atoms with E-state index in [1.54, 1.807) is 27.7 Å². The Morgan fingerprint density at radius 1 is 1.08 bits per heavy atom. The smallest absolute Gasteiger partial charge is 0.398 e. The fraction of sp³-hybridized carbons (Fsp3) is 0.526. The lowest BCUT2D eigenvalue weighted by molar-refractivity contribution is -0.160. The van der Waals surface area contributed by atoms with Gasteiger partial charge in [0.2, 0.25) is 5.91 Å². The molecule has 0 aliphatic carbocycles. The molecule has 0 heterocycles. The molecular formula is C19H28N2O4. The maximum absolute atomic E-state index is 12.8. The van der Waals surface area contributed by atoms with Gasteiger partial charge in [-0.2, -0.15) is 0 Å². The van der Waals surface area contributed by atoms with Crippen molar-refractivity contribution in [1.29, 1.82) is 0 Å². The van der Waals surface area contributed by atoms with E-state index in [2.05, 4.69) is 10.2 Å². The summed E-state index contributed by atoms with van der Waals surface area (Å²) in [6, 6.07) is 4.04. The summed E-state index contributed by atoms with van der Waals surface area (Å²) in [5, 5.41) is 1.20. The molecule has 138 valence electrons. The number of aryl methyl sites for hydroxylation is 3. The van der Waals surface area contributed by atoms with Crippen LogP contribution in [-0.2, 0) is 25.5 Å². The van der Waals surface area contributed by atoms with Crippen molar-refractivity contribution in [2.45, 2.75) is 60.4 Å². The second-order valence-corrected chi connectivity index (χ2v) is 7.12. The van der Waals surface area contributed by atoms with Crippen LogP contribution in [0.25, 0.3) is 0 Å². The van der Waals surface area contributed by atoms with E-state index in [9.17, 15) is 14.4 Å². The van der Waals surface area contributed by atoms with Gasteiger partial charge in [0.15, 0.2) is 0 Å². The topological polar surface area (TPSA) is 75.7 Å². The van der Waals surface area contributed by atoms with Crippen LogP contribution in [0, 0.1) is 20.8 Å². The van der Waals surface area contributed by atoms with Gasteiger partial charge in [0, 0.05) is 0 Å². The number of nitrogens with one attached hydrogen (secondary N) is 1. The molecule has 0 unspecified atom stereocenters. The zero-order chi connectivity index (χ0) is 19.4. The van der Waals surface area contributed by atoms with Crippen LogP contribution >= 0.6 is 0 Å². The van der Waals surface area contributed by atoms with Crippen molar-refractivity contribution in [2.75, 3.05) is 6.61 Å². The van der Waals surface area contributed by atoms with Gasteiger partial charge in [-0.15, -0.1) is 0 Å². The number of hydrogen-bond acceptors (Lipinski definition) is 4. The molecule has 0 aromatic heterocycles. The van der Waals surface area contributed by atoms with Crippen molar-refractivity contribution in [3.05, 3.63) is 34.4 Å². The Balaban J connectivity index is 3.03. The van der Waals surface area contributed by atoms with E-state index in [-0.39, 0.29) is 18.9 Å². The quantitative estimate of drug-likeness (QED) is 0.517. The molecule has 0 aliphatic rings. The summed E-state index contributed by atoms with van der Waals surface area (Å²) >= 11 is 0. The summed E-state index contributed by atoms with van der Waals surface area (Å²) in [4.78, 5) is 36.3. The first-order chi connectivity index (χ1) is 11.5. The Morgan fingerprint density at radius 2 is 1.60 bits per heavy atom. The van der Waals surface area contributed by atoms with E-state index < -0.39 is 17.4 Å². The molecule has 0 atom stereocenters. The molecule has 0 fully saturated rings. The molecule has 1 rings (SSSR count). The highest BCUT2D eigenvalue weighted by Crippen LogP contribution is 2.19. The van der Waals surface area contributed by atoms with Crippen LogP contribution in [-0.4, -0.2) is 34.9 Å². The van der Waals surface area contributed by atoms with Gasteiger partial charge in [0.1, 0.15) is 0 Å². The maximum atomic E-state index is 12.8. The Bertz CT molecular complexity index is 651. The number of rotatable bonds is 3. The maximum Gasteiger partial charge on any atom is 0.398 e. The number of nitrogens with zero attached hydrogens (tertiary/aromatic N) is 1. The minimum absolute atomic E-state index is 0.0947. The van der Waals surface area contributed by atoms with E-state index in [0.717, 1.165) is 22.3 Å². The molecular weight excluding hydrogens is 320 g/mol. The predicted octanol–water partition coefficient (Wildman–Crippen LogP) is 2.38. The van der Waals surface area contributed by atoms with E-state index in [1.165, 1.54) is 5.01 Å². The van der Waals surface area contributed by atoms with Gasteiger partial charge in [-0.3, -0.25) is 15.0 Å². The summed E-state index contributed by atoms with van der Waals surface area (Å²) < 4.78 is 4.68. The molecule has 1 aromatic rings. The lowest BCUT2D eigenvalue weighted by atomic mass is 9.96. The Hall–Kier alpha value is -2.37. The normalized spacial score (nSPS) is 11.0. The van der Waals surface area contributed by atoms with E-state index in [1.807, 2.05) is 32.9 Å². The fourth-order valence-electron chi connectivity index (χ4n) is 2.67. The first kappa shape index (κ1) is 20.7. The molecule has 0 bridgehead atoms. The third kappa shape index (κ3) is 5.59. The average Bonchev–Trinajstić information content (AvgIpc) is 2.46. The first-order valence-corrected chi connectivity index (χ1v) is 8.34. The summed E-state index contributed by atoms with van der Waals surface area (Å²) in [6.45, 7) is 13.0. The summed E-state index contributed by atoms with van der Waals surface area (Å²) in [5.74, 6) is -2.25. The van der Waals surface area contributed by atoms with Crippen molar-refractivity contribution < 1.29 is 19.1 Å². The average molecular weight is 348 g/mol. The monoisotopic (exact) mass is 348 g/mol. The Kier molecular flexibility index (Phi) is 6.73. The van der Waals surface area contributed by atoms with E-state index >= 15 is 0 Å². The largest absolute Gasteiger partial charge is 0.459 e. The highest BCUT2D eigenvalue weighted by Gasteiger charge is 2.31. The summed E-state index contributed by atoms with van der Waals surface area (Å²) in [7, 11) is 0. The van der Waals surface area contributed by atoms with E-state index in [0.29, 0.717) is 0 Å². The van der Waals surface area contributed by atoms with Crippen molar-refractivity contribution >= 4 is 17.8 Å². The van der Waals surface area contributed by atoms with Crippen LogP contribution in [0.4, 0.5) is 0 Å². The number of carbonyl (C=O) groups is 3. The molecule has 1 N–H and O–H groups in total.